The van der Waals surface area contributed by atoms with Gasteiger partial charge in [-0.15, -0.1) is 0 Å². The molecule has 1 aromatic carbocycles. The number of piperidine rings is 1. The summed E-state index contributed by atoms with van der Waals surface area (Å²) in [5, 5.41) is 2.53. The predicted octanol–water partition coefficient (Wildman–Crippen LogP) is 3.71. The molecular weight excluding hydrogens is 272 g/mol. The topological polar surface area (TPSA) is 12.0 Å². The molecule has 0 amide bonds. The minimum Gasteiger partial charge on any atom is -0.309 e. The molecule has 1 aliphatic rings. The highest BCUT2D eigenvalue weighted by Crippen LogP contribution is 2.36. The molecule has 19 heavy (non-hydrogen) atoms. The van der Waals surface area contributed by atoms with Crippen LogP contribution in [0, 0.1) is 23.4 Å². The third-order valence-corrected chi connectivity index (χ3v) is 3.32. The third kappa shape index (κ3) is 2.86. The normalized spacial score (nSPS) is 24.5. The number of alkyl halides is 3. The average molecular weight is 283 g/mol. The van der Waals surface area contributed by atoms with Crippen molar-refractivity contribution in [2.75, 3.05) is 6.54 Å². The summed E-state index contributed by atoms with van der Waals surface area (Å²) in [4.78, 5) is 0. The Morgan fingerprint density at radius 1 is 1.00 bits per heavy atom. The van der Waals surface area contributed by atoms with Crippen molar-refractivity contribution in [3.63, 3.8) is 0 Å². The molecule has 1 nitrogen and oxygen atoms in total. The number of hydrogen-bond acceptors (Lipinski definition) is 1. The van der Waals surface area contributed by atoms with Gasteiger partial charge in [-0.25, -0.2) is 13.2 Å². The molecule has 2 unspecified atom stereocenters. The SMILES string of the molecule is Fc1ccc(C2CCC(C(F)(F)F)CN2)c(F)c1F. The molecule has 0 spiro atoms. The fourth-order valence-electron chi connectivity index (χ4n) is 2.21. The quantitative estimate of drug-likeness (QED) is 0.612. The van der Waals surface area contributed by atoms with Gasteiger partial charge in [-0.1, -0.05) is 6.07 Å². The maximum absolute atomic E-state index is 13.5. The van der Waals surface area contributed by atoms with Crippen molar-refractivity contribution in [1.82, 2.24) is 5.32 Å². The van der Waals surface area contributed by atoms with Crippen LogP contribution in [0.4, 0.5) is 26.3 Å². The van der Waals surface area contributed by atoms with Crippen molar-refractivity contribution in [3.8, 4) is 0 Å². The van der Waals surface area contributed by atoms with Crippen LogP contribution in [0.3, 0.4) is 0 Å². The molecule has 1 aromatic rings. The molecule has 1 N–H and O–H groups in total. The molecule has 0 radical (unpaired) electrons. The van der Waals surface area contributed by atoms with Gasteiger partial charge >= 0.3 is 6.18 Å². The summed E-state index contributed by atoms with van der Waals surface area (Å²) in [5.41, 5.74) is -0.139. The number of benzene rings is 1. The van der Waals surface area contributed by atoms with Gasteiger partial charge in [0.25, 0.3) is 0 Å². The fraction of sp³-hybridized carbons (Fsp3) is 0.500. The van der Waals surface area contributed by atoms with Crippen LogP contribution in [0.25, 0.3) is 0 Å². The first-order valence-corrected chi connectivity index (χ1v) is 5.74. The average Bonchev–Trinajstić information content (AvgIpc) is 2.35. The van der Waals surface area contributed by atoms with E-state index in [4.69, 9.17) is 0 Å². The van der Waals surface area contributed by atoms with Crippen molar-refractivity contribution in [2.24, 2.45) is 5.92 Å². The van der Waals surface area contributed by atoms with Crippen molar-refractivity contribution < 1.29 is 26.3 Å². The van der Waals surface area contributed by atoms with E-state index in [2.05, 4.69) is 5.32 Å². The first kappa shape index (κ1) is 14.2. The Morgan fingerprint density at radius 2 is 1.68 bits per heavy atom. The van der Waals surface area contributed by atoms with E-state index in [1.165, 1.54) is 0 Å². The maximum atomic E-state index is 13.5. The molecule has 1 heterocycles. The molecule has 7 heteroatoms. The minimum atomic E-state index is -4.30. The van der Waals surface area contributed by atoms with Crippen LogP contribution in [0.5, 0.6) is 0 Å². The van der Waals surface area contributed by atoms with Crippen LogP contribution in [-0.2, 0) is 0 Å². The van der Waals surface area contributed by atoms with E-state index >= 15 is 0 Å². The van der Waals surface area contributed by atoms with E-state index in [-0.39, 0.29) is 24.9 Å². The second kappa shape index (κ2) is 5.03. The monoisotopic (exact) mass is 283 g/mol. The van der Waals surface area contributed by atoms with Crippen molar-refractivity contribution in [2.45, 2.75) is 25.1 Å². The van der Waals surface area contributed by atoms with Gasteiger partial charge in [0, 0.05) is 18.2 Å². The van der Waals surface area contributed by atoms with E-state index in [1.807, 2.05) is 0 Å². The molecule has 2 atom stereocenters. The van der Waals surface area contributed by atoms with Gasteiger partial charge in [0.2, 0.25) is 0 Å². The molecule has 1 aliphatic heterocycles. The van der Waals surface area contributed by atoms with Gasteiger partial charge < -0.3 is 5.32 Å². The summed E-state index contributed by atoms with van der Waals surface area (Å²) in [6.07, 6.45) is -4.45. The maximum Gasteiger partial charge on any atom is 0.393 e. The molecule has 0 aliphatic carbocycles. The van der Waals surface area contributed by atoms with Crippen molar-refractivity contribution in [1.29, 1.82) is 0 Å². The van der Waals surface area contributed by atoms with E-state index in [9.17, 15) is 26.3 Å². The highest BCUT2D eigenvalue weighted by Gasteiger charge is 2.42. The van der Waals surface area contributed by atoms with Crippen LogP contribution >= 0.6 is 0 Å². The minimum absolute atomic E-state index is 0.0200. The number of rotatable bonds is 1. The molecule has 0 aromatic heterocycles. The summed E-state index contributed by atoms with van der Waals surface area (Å²) < 4.78 is 76.6. The smallest absolute Gasteiger partial charge is 0.309 e. The van der Waals surface area contributed by atoms with Gasteiger partial charge in [-0.2, -0.15) is 13.2 Å². The van der Waals surface area contributed by atoms with Crippen LogP contribution in [0.2, 0.25) is 0 Å². The van der Waals surface area contributed by atoms with Gasteiger partial charge in [0.15, 0.2) is 17.5 Å². The Hall–Kier alpha value is -1.24. The summed E-state index contributed by atoms with van der Waals surface area (Å²) in [7, 11) is 0. The van der Waals surface area contributed by atoms with E-state index in [1.54, 1.807) is 0 Å². The Bertz CT molecular complexity index is 462. The molecule has 0 saturated carbocycles. The zero-order valence-electron chi connectivity index (χ0n) is 9.70. The van der Waals surface area contributed by atoms with Gasteiger partial charge in [-0.3, -0.25) is 0 Å². The molecule has 106 valence electrons. The molecule has 1 saturated heterocycles. The number of hydrogen-bond donors (Lipinski definition) is 1. The first-order chi connectivity index (χ1) is 8.80. The summed E-state index contributed by atoms with van der Waals surface area (Å²) in [5.74, 6) is -5.75. The molecule has 0 bridgehead atoms. The zero-order valence-corrected chi connectivity index (χ0v) is 9.70. The second-order valence-corrected chi connectivity index (χ2v) is 4.54. The summed E-state index contributed by atoms with van der Waals surface area (Å²) in [6.45, 7) is -0.355. The van der Waals surface area contributed by atoms with E-state index in [0.29, 0.717) is 0 Å². The lowest BCUT2D eigenvalue weighted by Gasteiger charge is -2.31. The van der Waals surface area contributed by atoms with E-state index in [0.717, 1.165) is 12.1 Å². The number of nitrogens with one attached hydrogen (secondary N) is 1. The van der Waals surface area contributed by atoms with Crippen LogP contribution < -0.4 is 5.32 Å². The standard InChI is InChI=1S/C12H11F6N/c13-8-3-2-7(10(14)11(8)15)9-4-1-6(5-19-9)12(16,17)18/h2-3,6,9,19H,1,4-5H2. The zero-order chi connectivity index (χ0) is 14.2. The van der Waals surface area contributed by atoms with Gasteiger partial charge in [0.05, 0.1) is 5.92 Å². The van der Waals surface area contributed by atoms with Gasteiger partial charge in [0.1, 0.15) is 0 Å². The second-order valence-electron chi connectivity index (χ2n) is 4.54. The van der Waals surface area contributed by atoms with Crippen molar-refractivity contribution >= 4 is 0 Å². The first-order valence-electron chi connectivity index (χ1n) is 5.74. The predicted molar refractivity (Wildman–Crippen MR) is 55.8 cm³/mol. The third-order valence-electron chi connectivity index (χ3n) is 3.32. The lowest BCUT2D eigenvalue weighted by Crippen LogP contribution is -2.40. The Morgan fingerprint density at radius 3 is 2.21 bits per heavy atom. The lowest BCUT2D eigenvalue weighted by molar-refractivity contribution is -0.179. The van der Waals surface area contributed by atoms with Crippen LogP contribution in [0.15, 0.2) is 12.1 Å². The Kier molecular flexibility index (Phi) is 3.75. The molecular formula is C12H11F6N. The van der Waals surface area contributed by atoms with Crippen molar-refractivity contribution in [3.05, 3.63) is 35.1 Å². The van der Waals surface area contributed by atoms with Gasteiger partial charge in [-0.05, 0) is 18.9 Å². The Labute approximate surface area is 105 Å². The van der Waals surface area contributed by atoms with Crippen LogP contribution in [-0.4, -0.2) is 12.7 Å². The highest BCUT2D eigenvalue weighted by atomic mass is 19.4. The fourth-order valence-corrected chi connectivity index (χ4v) is 2.21. The largest absolute Gasteiger partial charge is 0.393 e. The summed E-state index contributed by atoms with van der Waals surface area (Å²) in [6, 6.07) is 1.10. The Balaban J connectivity index is 2.12. The highest BCUT2D eigenvalue weighted by molar-refractivity contribution is 5.24. The summed E-state index contributed by atoms with van der Waals surface area (Å²) >= 11 is 0. The number of halogens is 6. The molecule has 2 rings (SSSR count). The van der Waals surface area contributed by atoms with E-state index < -0.39 is 35.6 Å². The van der Waals surface area contributed by atoms with Crippen LogP contribution in [0.1, 0.15) is 24.4 Å². The molecule has 1 fully saturated rings. The lowest BCUT2D eigenvalue weighted by atomic mass is 9.90.